The molecule has 1 N–H and O–H groups in total. The van der Waals surface area contributed by atoms with Gasteiger partial charge in [0.2, 0.25) is 0 Å². The summed E-state index contributed by atoms with van der Waals surface area (Å²) in [4.78, 5) is 19.5. The number of benzene rings is 1. The predicted octanol–water partition coefficient (Wildman–Crippen LogP) is 1.15. The van der Waals surface area contributed by atoms with Gasteiger partial charge in [0.05, 0.1) is 0 Å². The van der Waals surface area contributed by atoms with Crippen LogP contribution in [0, 0.1) is 0 Å². The van der Waals surface area contributed by atoms with Crippen molar-refractivity contribution in [1.82, 2.24) is 0 Å². The van der Waals surface area contributed by atoms with Crippen LogP contribution in [0.15, 0.2) is 18.2 Å². The van der Waals surface area contributed by atoms with Crippen LogP contribution in [0.3, 0.4) is 0 Å². The number of carbonyl (C=O) groups is 1. The van der Waals surface area contributed by atoms with Crippen LogP contribution in [0.1, 0.15) is 10.4 Å². The number of hydrogen-bond donors (Lipinski definition) is 1. The molecule has 56 valence electrons. The van der Waals surface area contributed by atoms with Crippen LogP contribution in [0.2, 0.25) is 0 Å². The van der Waals surface area contributed by atoms with Crippen LogP contribution in [0.25, 0.3) is 0 Å². The van der Waals surface area contributed by atoms with Gasteiger partial charge in [0, 0.05) is 5.56 Å². The van der Waals surface area contributed by atoms with Gasteiger partial charge in [-0.05, 0) is 12.1 Å². The molecule has 4 heteroatoms. The lowest BCUT2D eigenvalue weighted by atomic mass is 10.2. The van der Waals surface area contributed by atoms with E-state index in [-0.39, 0.29) is 0 Å². The Hall–Kier alpha value is -1.55. The number of rotatable bonds is 1. The highest BCUT2D eigenvalue weighted by molar-refractivity contribution is 5.86. The molecule has 1 aliphatic heterocycles. The maximum atomic E-state index is 10.4. The number of para-hydroxylation sites is 1. The van der Waals surface area contributed by atoms with E-state index in [1.807, 2.05) is 0 Å². The molecule has 0 aliphatic carbocycles. The minimum atomic E-state index is 0.528. The third kappa shape index (κ3) is 0.841. The van der Waals surface area contributed by atoms with Crippen LogP contribution in [0.5, 0.6) is 5.75 Å². The van der Waals surface area contributed by atoms with Gasteiger partial charge < -0.3 is 4.89 Å². The Morgan fingerprint density at radius 1 is 1.45 bits per heavy atom. The SMILES string of the molecule is O=Cc1cccc2c1NOO2. The predicted molar refractivity (Wildman–Crippen MR) is 37.2 cm³/mol. The van der Waals surface area contributed by atoms with Crippen LogP contribution < -0.4 is 10.4 Å². The summed E-state index contributed by atoms with van der Waals surface area (Å²) >= 11 is 0. The number of hydrogen-bond acceptors (Lipinski definition) is 4. The number of anilines is 1. The minimum Gasteiger partial charge on any atom is -0.312 e. The molecule has 4 nitrogen and oxygen atoms in total. The summed E-state index contributed by atoms with van der Waals surface area (Å²) < 4.78 is 0. The average molecular weight is 151 g/mol. The van der Waals surface area contributed by atoms with Gasteiger partial charge in [-0.25, -0.2) is 5.48 Å². The zero-order valence-corrected chi connectivity index (χ0v) is 5.53. The summed E-state index contributed by atoms with van der Waals surface area (Å²) in [5, 5.41) is 0. The molecule has 0 saturated carbocycles. The molecule has 0 aromatic heterocycles. The Kier molecular flexibility index (Phi) is 1.26. The first-order chi connectivity index (χ1) is 5.42. The van der Waals surface area contributed by atoms with E-state index < -0.39 is 0 Å². The zero-order chi connectivity index (χ0) is 7.68. The first-order valence-corrected chi connectivity index (χ1v) is 3.09. The second kappa shape index (κ2) is 2.25. The Bertz CT molecular complexity index is 298. The highest BCUT2D eigenvalue weighted by Gasteiger charge is 2.15. The van der Waals surface area contributed by atoms with E-state index >= 15 is 0 Å². The molecule has 0 unspecified atom stereocenters. The third-order valence-corrected chi connectivity index (χ3v) is 1.46. The fourth-order valence-corrected chi connectivity index (χ4v) is 0.932. The Morgan fingerprint density at radius 2 is 2.36 bits per heavy atom. The lowest BCUT2D eigenvalue weighted by Gasteiger charge is -1.94. The summed E-state index contributed by atoms with van der Waals surface area (Å²) in [6.45, 7) is 0. The molecule has 0 spiro atoms. The van der Waals surface area contributed by atoms with E-state index in [1.165, 1.54) is 0 Å². The Morgan fingerprint density at radius 3 is 3.18 bits per heavy atom. The number of aldehydes is 1. The van der Waals surface area contributed by atoms with Crippen molar-refractivity contribution < 1.29 is 14.7 Å². The van der Waals surface area contributed by atoms with Crippen molar-refractivity contribution >= 4 is 12.0 Å². The van der Waals surface area contributed by atoms with Crippen molar-refractivity contribution in [1.29, 1.82) is 0 Å². The first kappa shape index (κ1) is 6.18. The first-order valence-electron chi connectivity index (χ1n) is 3.09. The lowest BCUT2D eigenvalue weighted by Crippen LogP contribution is -1.93. The highest BCUT2D eigenvalue weighted by atomic mass is 17.3. The monoisotopic (exact) mass is 151 g/mol. The second-order valence-corrected chi connectivity index (χ2v) is 2.11. The molecular formula is C7H5NO3. The molecule has 0 fully saturated rings. The number of carbonyl (C=O) groups excluding carboxylic acids is 1. The van der Waals surface area contributed by atoms with E-state index in [0.29, 0.717) is 17.0 Å². The van der Waals surface area contributed by atoms with E-state index in [2.05, 4.69) is 15.4 Å². The van der Waals surface area contributed by atoms with Crippen molar-refractivity contribution in [3.8, 4) is 5.75 Å². The Balaban J connectivity index is 2.58. The molecule has 1 aromatic carbocycles. The molecule has 1 aliphatic rings. The topological polar surface area (TPSA) is 47.6 Å². The van der Waals surface area contributed by atoms with Crippen LogP contribution in [-0.2, 0) is 4.99 Å². The molecule has 1 heterocycles. The lowest BCUT2D eigenvalue weighted by molar-refractivity contribution is -0.160. The van der Waals surface area contributed by atoms with Crippen LogP contribution in [0.4, 0.5) is 5.69 Å². The molecule has 11 heavy (non-hydrogen) atoms. The van der Waals surface area contributed by atoms with E-state index in [1.54, 1.807) is 18.2 Å². The zero-order valence-electron chi connectivity index (χ0n) is 5.53. The van der Waals surface area contributed by atoms with Gasteiger partial charge in [-0.3, -0.25) is 4.79 Å². The maximum Gasteiger partial charge on any atom is 0.194 e. The minimum absolute atomic E-state index is 0.528. The number of fused-ring (bicyclic) bond motifs is 1. The van der Waals surface area contributed by atoms with Gasteiger partial charge in [0.25, 0.3) is 0 Å². The van der Waals surface area contributed by atoms with Crippen molar-refractivity contribution in [2.45, 2.75) is 0 Å². The fraction of sp³-hybridized carbons (Fsp3) is 0. The third-order valence-electron chi connectivity index (χ3n) is 1.46. The maximum absolute atomic E-state index is 10.4. The highest BCUT2D eigenvalue weighted by Crippen LogP contribution is 2.31. The standard InChI is InChI=1S/C7H5NO3/c9-4-5-2-1-3-6-7(5)8-11-10-6/h1-4,8H. The van der Waals surface area contributed by atoms with Crippen LogP contribution >= 0.6 is 0 Å². The van der Waals surface area contributed by atoms with Crippen molar-refractivity contribution in [2.75, 3.05) is 5.48 Å². The van der Waals surface area contributed by atoms with E-state index in [9.17, 15) is 4.79 Å². The van der Waals surface area contributed by atoms with Crippen molar-refractivity contribution in [3.63, 3.8) is 0 Å². The molecular weight excluding hydrogens is 146 g/mol. The average Bonchev–Trinajstić information content (AvgIpc) is 2.50. The van der Waals surface area contributed by atoms with Crippen molar-refractivity contribution in [2.24, 2.45) is 0 Å². The summed E-state index contributed by atoms with van der Waals surface area (Å²) in [6.07, 6.45) is 0.740. The molecule has 2 rings (SSSR count). The van der Waals surface area contributed by atoms with E-state index in [4.69, 9.17) is 0 Å². The molecule has 0 atom stereocenters. The summed E-state index contributed by atoms with van der Waals surface area (Å²) in [5.74, 6) is 0.537. The summed E-state index contributed by atoms with van der Waals surface area (Å²) in [5.41, 5.74) is 3.58. The quantitative estimate of drug-likeness (QED) is 0.483. The smallest absolute Gasteiger partial charge is 0.194 e. The van der Waals surface area contributed by atoms with Gasteiger partial charge in [-0.15, -0.1) is 0 Å². The van der Waals surface area contributed by atoms with Gasteiger partial charge in [0.15, 0.2) is 12.0 Å². The van der Waals surface area contributed by atoms with Crippen molar-refractivity contribution in [3.05, 3.63) is 23.8 Å². The second-order valence-electron chi connectivity index (χ2n) is 2.11. The number of nitrogens with one attached hydrogen (secondary N) is 1. The van der Waals surface area contributed by atoms with Gasteiger partial charge in [0.1, 0.15) is 5.69 Å². The summed E-state index contributed by atoms with van der Waals surface area (Å²) in [6, 6.07) is 5.11. The summed E-state index contributed by atoms with van der Waals surface area (Å²) in [7, 11) is 0. The molecule has 0 amide bonds. The Labute approximate surface area is 62.6 Å². The molecule has 0 radical (unpaired) electrons. The molecule has 0 saturated heterocycles. The molecule has 1 aromatic rings. The van der Waals surface area contributed by atoms with E-state index in [0.717, 1.165) is 6.29 Å². The van der Waals surface area contributed by atoms with Gasteiger partial charge in [-0.1, -0.05) is 11.1 Å². The van der Waals surface area contributed by atoms with Crippen LogP contribution in [-0.4, -0.2) is 6.29 Å². The van der Waals surface area contributed by atoms with Gasteiger partial charge >= 0.3 is 0 Å². The fourth-order valence-electron chi connectivity index (χ4n) is 0.932. The normalized spacial score (nSPS) is 13.1. The van der Waals surface area contributed by atoms with Gasteiger partial charge in [-0.2, -0.15) is 0 Å². The largest absolute Gasteiger partial charge is 0.312 e. The molecule has 0 bridgehead atoms.